The largest absolute Gasteiger partial charge is 0.496 e. The van der Waals surface area contributed by atoms with Gasteiger partial charge in [0.2, 0.25) is 0 Å². The first-order valence-electron chi connectivity index (χ1n) is 5.12. The zero-order valence-corrected chi connectivity index (χ0v) is 9.85. The third-order valence-corrected chi connectivity index (χ3v) is 3.15. The van der Waals surface area contributed by atoms with Crippen LogP contribution >= 0.6 is 12.4 Å². The highest BCUT2D eigenvalue weighted by Crippen LogP contribution is 2.48. The summed E-state index contributed by atoms with van der Waals surface area (Å²) in [7, 11) is 1.72. The van der Waals surface area contributed by atoms with E-state index in [1.165, 1.54) is 18.4 Å². The van der Waals surface area contributed by atoms with Crippen LogP contribution in [0.2, 0.25) is 0 Å². The maximum Gasteiger partial charge on any atom is 0.122 e. The van der Waals surface area contributed by atoms with Gasteiger partial charge < -0.3 is 10.5 Å². The van der Waals surface area contributed by atoms with Crippen molar-refractivity contribution in [2.45, 2.75) is 19.3 Å². The normalized spacial score (nSPS) is 16.7. The molecule has 2 rings (SSSR count). The Labute approximate surface area is 97.2 Å². The topological polar surface area (TPSA) is 35.2 Å². The molecule has 0 amide bonds. The van der Waals surface area contributed by atoms with Crippen molar-refractivity contribution in [2.75, 3.05) is 13.7 Å². The first-order valence-corrected chi connectivity index (χ1v) is 5.12. The van der Waals surface area contributed by atoms with E-state index in [0.29, 0.717) is 5.41 Å². The van der Waals surface area contributed by atoms with Crippen LogP contribution in [-0.2, 0) is 6.42 Å². The average Bonchev–Trinajstić information content (AvgIpc) is 2.99. The first-order chi connectivity index (χ1) is 6.79. The van der Waals surface area contributed by atoms with Gasteiger partial charge in [0.15, 0.2) is 0 Å². The van der Waals surface area contributed by atoms with E-state index in [0.717, 1.165) is 18.7 Å². The van der Waals surface area contributed by atoms with Crippen molar-refractivity contribution in [1.82, 2.24) is 0 Å². The standard InChI is InChI=1S/C12H17NO.ClH/c1-14-11-5-3-2-4-10(11)8-12(9-13)6-7-12;/h2-5H,6-9,13H2,1H3;1H. The van der Waals surface area contributed by atoms with Crippen LogP contribution in [0, 0.1) is 5.41 Å². The van der Waals surface area contributed by atoms with Gasteiger partial charge in [-0.15, -0.1) is 12.4 Å². The summed E-state index contributed by atoms with van der Waals surface area (Å²) in [5.41, 5.74) is 7.44. The molecule has 0 saturated heterocycles. The van der Waals surface area contributed by atoms with Crippen LogP contribution in [0.25, 0.3) is 0 Å². The molecular formula is C12H18ClNO. The van der Waals surface area contributed by atoms with Gasteiger partial charge in [0.05, 0.1) is 7.11 Å². The van der Waals surface area contributed by atoms with E-state index in [9.17, 15) is 0 Å². The zero-order chi connectivity index (χ0) is 10.0. The van der Waals surface area contributed by atoms with Crippen LogP contribution in [0.15, 0.2) is 24.3 Å². The Morgan fingerprint density at radius 1 is 1.33 bits per heavy atom. The van der Waals surface area contributed by atoms with Gasteiger partial charge in [0.1, 0.15) is 5.75 Å². The summed E-state index contributed by atoms with van der Waals surface area (Å²) in [5, 5.41) is 0. The summed E-state index contributed by atoms with van der Waals surface area (Å²) in [6.07, 6.45) is 3.59. The number of rotatable bonds is 4. The van der Waals surface area contributed by atoms with E-state index >= 15 is 0 Å². The molecule has 84 valence electrons. The summed E-state index contributed by atoms with van der Waals surface area (Å²) < 4.78 is 5.32. The second-order valence-corrected chi connectivity index (χ2v) is 4.19. The monoisotopic (exact) mass is 227 g/mol. The fourth-order valence-electron chi connectivity index (χ4n) is 1.88. The molecular weight excluding hydrogens is 210 g/mol. The molecule has 0 atom stereocenters. The van der Waals surface area contributed by atoms with Crippen LogP contribution in [-0.4, -0.2) is 13.7 Å². The lowest BCUT2D eigenvalue weighted by Crippen LogP contribution is -2.18. The predicted molar refractivity (Wildman–Crippen MR) is 64.7 cm³/mol. The molecule has 15 heavy (non-hydrogen) atoms. The average molecular weight is 228 g/mol. The molecule has 1 aromatic carbocycles. The third-order valence-electron chi connectivity index (χ3n) is 3.15. The molecule has 0 radical (unpaired) electrons. The first kappa shape index (κ1) is 12.3. The van der Waals surface area contributed by atoms with Gasteiger partial charge in [-0.25, -0.2) is 0 Å². The molecule has 2 N–H and O–H groups in total. The number of para-hydroxylation sites is 1. The van der Waals surface area contributed by atoms with Gasteiger partial charge in [-0.2, -0.15) is 0 Å². The van der Waals surface area contributed by atoms with Crippen molar-refractivity contribution in [2.24, 2.45) is 11.1 Å². The van der Waals surface area contributed by atoms with Gasteiger partial charge in [-0.1, -0.05) is 18.2 Å². The minimum absolute atomic E-state index is 0. The number of nitrogens with two attached hydrogens (primary N) is 1. The van der Waals surface area contributed by atoms with Gasteiger partial charge in [-0.05, 0) is 42.9 Å². The third kappa shape index (κ3) is 2.64. The Kier molecular flexibility index (Phi) is 4.00. The minimum Gasteiger partial charge on any atom is -0.496 e. The summed E-state index contributed by atoms with van der Waals surface area (Å²) in [6, 6.07) is 8.21. The van der Waals surface area contributed by atoms with Gasteiger partial charge in [0.25, 0.3) is 0 Å². The fraction of sp³-hybridized carbons (Fsp3) is 0.500. The highest BCUT2D eigenvalue weighted by Gasteiger charge is 2.41. The molecule has 1 saturated carbocycles. The molecule has 1 fully saturated rings. The van der Waals surface area contributed by atoms with Crippen molar-refractivity contribution in [3.8, 4) is 5.75 Å². The van der Waals surface area contributed by atoms with Crippen LogP contribution in [0.5, 0.6) is 5.75 Å². The molecule has 0 bridgehead atoms. The Balaban J connectivity index is 0.00000112. The fourth-order valence-corrected chi connectivity index (χ4v) is 1.88. The van der Waals surface area contributed by atoms with E-state index in [2.05, 4.69) is 12.1 Å². The number of halogens is 1. The Bertz CT molecular complexity index is 323. The lowest BCUT2D eigenvalue weighted by molar-refractivity contribution is 0.402. The van der Waals surface area contributed by atoms with E-state index < -0.39 is 0 Å². The number of hydrogen-bond donors (Lipinski definition) is 1. The molecule has 0 aliphatic heterocycles. The lowest BCUT2D eigenvalue weighted by Gasteiger charge is -2.14. The molecule has 0 unspecified atom stereocenters. The summed E-state index contributed by atoms with van der Waals surface area (Å²) in [6.45, 7) is 0.797. The molecule has 0 aromatic heterocycles. The molecule has 2 nitrogen and oxygen atoms in total. The highest BCUT2D eigenvalue weighted by atomic mass is 35.5. The van der Waals surface area contributed by atoms with Gasteiger partial charge in [0, 0.05) is 0 Å². The van der Waals surface area contributed by atoms with E-state index in [-0.39, 0.29) is 12.4 Å². The molecule has 0 spiro atoms. The summed E-state index contributed by atoms with van der Waals surface area (Å²) in [4.78, 5) is 0. The van der Waals surface area contributed by atoms with Crippen LogP contribution in [0.4, 0.5) is 0 Å². The van der Waals surface area contributed by atoms with Gasteiger partial charge in [-0.3, -0.25) is 0 Å². The number of benzene rings is 1. The maximum absolute atomic E-state index is 5.77. The predicted octanol–water partition coefficient (Wildman–Crippen LogP) is 2.40. The van der Waals surface area contributed by atoms with Crippen molar-refractivity contribution in [3.63, 3.8) is 0 Å². The van der Waals surface area contributed by atoms with E-state index in [1.807, 2.05) is 12.1 Å². The van der Waals surface area contributed by atoms with E-state index in [1.54, 1.807) is 7.11 Å². The summed E-state index contributed by atoms with van der Waals surface area (Å²) in [5.74, 6) is 0.993. The Morgan fingerprint density at radius 2 is 2.00 bits per heavy atom. The molecule has 1 aliphatic carbocycles. The Morgan fingerprint density at radius 3 is 2.53 bits per heavy atom. The van der Waals surface area contributed by atoms with E-state index in [4.69, 9.17) is 10.5 Å². The quantitative estimate of drug-likeness (QED) is 0.858. The van der Waals surface area contributed by atoms with Crippen LogP contribution < -0.4 is 10.5 Å². The molecule has 1 aromatic rings. The summed E-state index contributed by atoms with van der Waals surface area (Å²) >= 11 is 0. The molecule has 0 heterocycles. The Hall–Kier alpha value is -0.730. The van der Waals surface area contributed by atoms with Crippen molar-refractivity contribution < 1.29 is 4.74 Å². The number of ether oxygens (including phenoxy) is 1. The van der Waals surface area contributed by atoms with Crippen molar-refractivity contribution in [1.29, 1.82) is 0 Å². The second kappa shape index (κ2) is 4.86. The van der Waals surface area contributed by atoms with Crippen LogP contribution in [0.1, 0.15) is 18.4 Å². The molecule has 3 heteroatoms. The van der Waals surface area contributed by atoms with Crippen LogP contribution in [0.3, 0.4) is 0 Å². The highest BCUT2D eigenvalue weighted by molar-refractivity contribution is 5.85. The van der Waals surface area contributed by atoms with Crippen molar-refractivity contribution in [3.05, 3.63) is 29.8 Å². The van der Waals surface area contributed by atoms with Gasteiger partial charge >= 0.3 is 0 Å². The molecule has 1 aliphatic rings. The smallest absolute Gasteiger partial charge is 0.122 e. The minimum atomic E-state index is 0. The number of methoxy groups -OCH3 is 1. The SMILES string of the molecule is COc1ccccc1CC1(CN)CC1.Cl. The lowest BCUT2D eigenvalue weighted by atomic mass is 9.96. The second-order valence-electron chi connectivity index (χ2n) is 4.19. The maximum atomic E-state index is 5.77. The number of hydrogen-bond acceptors (Lipinski definition) is 2. The van der Waals surface area contributed by atoms with Crippen molar-refractivity contribution >= 4 is 12.4 Å². The zero-order valence-electron chi connectivity index (χ0n) is 9.03.